The van der Waals surface area contributed by atoms with Gasteiger partial charge in [-0.1, -0.05) is 0 Å². The van der Waals surface area contributed by atoms with E-state index in [2.05, 4.69) is 10.2 Å². The first-order valence-corrected chi connectivity index (χ1v) is 5.59. The molecule has 0 saturated heterocycles. The van der Waals surface area contributed by atoms with E-state index in [1.165, 1.54) is 0 Å². The molecule has 0 radical (unpaired) electrons. The first-order chi connectivity index (χ1) is 7.99. The standard InChI is InChI=1S/C11H20N4O2/c1-7(2)15(5-6-17-4)11(16)9-8(3)13-14-10(9)12/h7H,5-6H2,1-4H3,(H3,12,13,14). The van der Waals surface area contributed by atoms with Gasteiger partial charge in [0.1, 0.15) is 5.56 Å². The van der Waals surface area contributed by atoms with E-state index in [1.54, 1.807) is 18.9 Å². The number of nitrogen functional groups attached to an aromatic ring is 1. The SMILES string of the molecule is COCCN(C(=O)c1c(N)n[nH]c1C)C(C)C. The minimum absolute atomic E-state index is 0.0892. The number of carbonyl (C=O) groups excluding carboxylic acids is 1. The summed E-state index contributed by atoms with van der Waals surface area (Å²) in [5.41, 5.74) is 6.83. The molecular weight excluding hydrogens is 220 g/mol. The van der Waals surface area contributed by atoms with E-state index in [-0.39, 0.29) is 17.8 Å². The van der Waals surface area contributed by atoms with Crippen LogP contribution in [0.5, 0.6) is 0 Å². The number of nitrogens with one attached hydrogen (secondary N) is 1. The lowest BCUT2D eigenvalue weighted by Crippen LogP contribution is -2.39. The maximum absolute atomic E-state index is 12.3. The highest BCUT2D eigenvalue weighted by Gasteiger charge is 2.23. The van der Waals surface area contributed by atoms with Crippen molar-refractivity contribution in [1.82, 2.24) is 15.1 Å². The van der Waals surface area contributed by atoms with Crippen LogP contribution in [-0.2, 0) is 4.74 Å². The monoisotopic (exact) mass is 240 g/mol. The molecule has 0 atom stereocenters. The molecule has 0 aliphatic rings. The minimum atomic E-state index is -0.110. The Balaban J connectivity index is 2.92. The fourth-order valence-corrected chi connectivity index (χ4v) is 1.65. The highest BCUT2D eigenvalue weighted by molar-refractivity contribution is 5.99. The summed E-state index contributed by atoms with van der Waals surface area (Å²) in [6.07, 6.45) is 0. The molecule has 6 nitrogen and oxygen atoms in total. The average molecular weight is 240 g/mol. The molecule has 0 unspecified atom stereocenters. The number of carbonyl (C=O) groups is 1. The van der Waals surface area contributed by atoms with Gasteiger partial charge in [-0.3, -0.25) is 9.89 Å². The van der Waals surface area contributed by atoms with Crippen LogP contribution in [0.2, 0.25) is 0 Å². The third-order valence-electron chi connectivity index (χ3n) is 2.61. The van der Waals surface area contributed by atoms with E-state index in [0.717, 1.165) is 0 Å². The van der Waals surface area contributed by atoms with E-state index in [4.69, 9.17) is 10.5 Å². The molecule has 1 aromatic heterocycles. The van der Waals surface area contributed by atoms with Gasteiger partial charge in [-0.15, -0.1) is 0 Å². The fourth-order valence-electron chi connectivity index (χ4n) is 1.65. The Labute approximate surface area is 101 Å². The van der Waals surface area contributed by atoms with Crippen molar-refractivity contribution in [2.45, 2.75) is 26.8 Å². The first-order valence-electron chi connectivity index (χ1n) is 5.59. The van der Waals surface area contributed by atoms with Crippen molar-refractivity contribution < 1.29 is 9.53 Å². The van der Waals surface area contributed by atoms with Crippen LogP contribution in [-0.4, -0.2) is 47.3 Å². The molecular formula is C11H20N4O2. The van der Waals surface area contributed by atoms with E-state index in [9.17, 15) is 4.79 Å². The smallest absolute Gasteiger partial charge is 0.259 e. The number of aryl methyl sites for hydroxylation is 1. The molecule has 0 aliphatic heterocycles. The molecule has 0 aromatic carbocycles. The van der Waals surface area contributed by atoms with E-state index < -0.39 is 0 Å². The third kappa shape index (κ3) is 2.97. The number of methoxy groups -OCH3 is 1. The van der Waals surface area contributed by atoms with Crippen LogP contribution in [0.15, 0.2) is 0 Å². The molecule has 0 aliphatic carbocycles. The van der Waals surface area contributed by atoms with Crippen molar-refractivity contribution in [1.29, 1.82) is 0 Å². The van der Waals surface area contributed by atoms with Crippen LogP contribution >= 0.6 is 0 Å². The molecule has 0 saturated carbocycles. The number of H-pyrrole nitrogens is 1. The normalized spacial score (nSPS) is 10.9. The Kier molecular flexibility index (Phi) is 4.51. The van der Waals surface area contributed by atoms with Crippen molar-refractivity contribution >= 4 is 11.7 Å². The van der Waals surface area contributed by atoms with Gasteiger partial charge in [-0.25, -0.2) is 0 Å². The molecule has 0 fully saturated rings. The summed E-state index contributed by atoms with van der Waals surface area (Å²) in [7, 11) is 1.61. The van der Waals surface area contributed by atoms with E-state index in [1.807, 2.05) is 13.8 Å². The second-order valence-corrected chi connectivity index (χ2v) is 4.19. The Bertz CT molecular complexity index is 367. The highest BCUT2D eigenvalue weighted by atomic mass is 16.5. The lowest BCUT2D eigenvalue weighted by molar-refractivity contribution is 0.0635. The molecule has 0 bridgehead atoms. The first kappa shape index (κ1) is 13.5. The van der Waals surface area contributed by atoms with Gasteiger partial charge < -0.3 is 15.4 Å². The Morgan fingerprint density at radius 3 is 2.65 bits per heavy atom. The quantitative estimate of drug-likeness (QED) is 0.797. The summed E-state index contributed by atoms with van der Waals surface area (Å²) in [5.74, 6) is 0.136. The van der Waals surface area contributed by atoms with Crippen molar-refractivity contribution in [2.75, 3.05) is 26.0 Å². The fraction of sp³-hybridized carbons (Fsp3) is 0.636. The number of ether oxygens (including phenoxy) is 1. The minimum Gasteiger partial charge on any atom is -0.383 e. The van der Waals surface area contributed by atoms with Crippen molar-refractivity contribution in [3.8, 4) is 0 Å². The zero-order chi connectivity index (χ0) is 13.0. The van der Waals surface area contributed by atoms with Gasteiger partial charge in [0, 0.05) is 25.4 Å². The zero-order valence-corrected chi connectivity index (χ0v) is 10.8. The Hall–Kier alpha value is -1.56. The number of nitrogens with two attached hydrogens (primary N) is 1. The largest absolute Gasteiger partial charge is 0.383 e. The van der Waals surface area contributed by atoms with E-state index >= 15 is 0 Å². The number of aromatic amines is 1. The number of amides is 1. The van der Waals surface area contributed by atoms with Crippen LogP contribution in [0.3, 0.4) is 0 Å². The lowest BCUT2D eigenvalue weighted by Gasteiger charge is -2.26. The van der Waals surface area contributed by atoms with Gasteiger partial charge in [0.25, 0.3) is 5.91 Å². The second-order valence-electron chi connectivity index (χ2n) is 4.19. The third-order valence-corrected chi connectivity index (χ3v) is 2.61. The van der Waals surface area contributed by atoms with Crippen LogP contribution in [0.4, 0.5) is 5.82 Å². The summed E-state index contributed by atoms with van der Waals surface area (Å²) >= 11 is 0. The van der Waals surface area contributed by atoms with Gasteiger partial charge in [-0.05, 0) is 20.8 Å². The van der Waals surface area contributed by atoms with Crippen molar-refractivity contribution in [3.05, 3.63) is 11.3 Å². The number of hydrogen-bond donors (Lipinski definition) is 2. The molecule has 96 valence electrons. The van der Waals surface area contributed by atoms with Crippen molar-refractivity contribution in [2.24, 2.45) is 0 Å². The second kappa shape index (κ2) is 5.67. The highest BCUT2D eigenvalue weighted by Crippen LogP contribution is 2.16. The Morgan fingerprint density at radius 2 is 2.24 bits per heavy atom. The lowest BCUT2D eigenvalue weighted by atomic mass is 10.2. The average Bonchev–Trinajstić information content (AvgIpc) is 2.58. The topological polar surface area (TPSA) is 84.2 Å². The van der Waals surface area contributed by atoms with Crippen LogP contribution < -0.4 is 5.73 Å². The number of aromatic nitrogens is 2. The summed E-state index contributed by atoms with van der Waals surface area (Å²) in [6, 6.07) is 0.0892. The van der Waals surface area contributed by atoms with Gasteiger partial charge in [0.2, 0.25) is 0 Å². The molecule has 3 N–H and O–H groups in total. The number of rotatable bonds is 5. The van der Waals surface area contributed by atoms with Crippen LogP contribution in [0.1, 0.15) is 29.9 Å². The molecule has 6 heteroatoms. The maximum atomic E-state index is 12.3. The van der Waals surface area contributed by atoms with Gasteiger partial charge >= 0.3 is 0 Å². The molecule has 1 aromatic rings. The summed E-state index contributed by atoms with van der Waals surface area (Å²) in [4.78, 5) is 14.0. The summed E-state index contributed by atoms with van der Waals surface area (Å²) in [5, 5.41) is 6.55. The van der Waals surface area contributed by atoms with Crippen LogP contribution in [0.25, 0.3) is 0 Å². The molecule has 1 amide bonds. The number of nitrogens with zero attached hydrogens (tertiary/aromatic N) is 2. The molecule has 0 spiro atoms. The number of anilines is 1. The summed E-state index contributed by atoms with van der Waals surface area (Å²) < 4.78 is 5.00. The number of hydrogen-bond acceptors (Lipinski definition) is 4. The predicted octanol–water partition coefficient (Wildman–Crippen LogP) is 0.797. The predicted molar refractivity (Wildman–Crippen MR) is 65.8 cm³/mol. The summed E-state index contributed by atoms with van der Waals surface area (Å²) in [6.45, 7) is 6.74. The van der Waals surface area contributed by atoms with Crippen molar-refractivity contribution in [3.63, 3.8) is 0 Å². The van der Waals surface area contributed by atoms with Crippen LogP contribution in [0, 0.1) is 6.92 Å². The molecule has 1 rings (SSSR count). The molecule has 1 heterocycles. The van der Waals surface area contributed by atoms with Gasteiger partial charge in [-0.2, -0.15) is 5.10 Å². The Morgan fingerprint density at radius 1 is 1.59 bits per heavy atom. The zero-order valence-electron chi connectivity index (χ0n) is 10.8. The van der Waals surface area contributed by atoms with Gasteiger partial charge in [0.15, 0.2) is 5.82 Å². The molecule has 17 heavy (non-hydrogen) atoms. The maximum Gasteiger partial charge on any atom is 0.259 e. The van der Waals surface area contributed by atoms with E-state index in [0.29, 0.717) is 24.4 Å². The van der Waals surface area contributed by atoms with Gasteiger partial charge in [0.05, 0.1) is 6.61 Å².